The molecule has 0 aliphatic carbocycles. The number of hydrogen-bond donors (Lipinski definition) is 0. The quantitative estimate of drug-likeness (QED) is 0.722. The van der Waals surface area contributed by atoms with Gasteiger partial charge in [-0.1, -0.05) is 0 Å². The zero-order valence-electron chi connectivity index (χ0n) is 12.5. The first-order valence-electron chi connectivity index (χ1n) is 6.77. The van der Waals surface area contributed by atoms with Crippen LogP contribution in [0.1, 0.15) is 20.8 Å². The normalized spacial score (nSPS) is 10.3. The van der Waals surface area contributed by atoms with Gasteiger partial charge in [-0.2, -0.15) is 0 Å². The summed E-state index contributed by atoms with van der Waals surface area (Å²) in [6, 6.07) is 5.22. The van der Waals surface area contributed by atoms with Crippen LogP contribution in [-0.4, -0.2) is 42.6 Å². The summed E-state index contributed by atoms with van der Waals surface area (Å²) in [5, 5.41) is 0. The predicted molar refractivity (Wildman–Crippen MR) is 75.4 cm³/mol. The highest BCUT2D eigenvalue weighted by molar-refractivity contribution is 5.83. The second-order valence-electron chi connectivity index (χ2n) is 4.66. The molecule has 0 aromatic heterocycles. The second-order valence-corrected chi connectivity index (χ2v) is 4.66. The summed E-state index contributed by atoms with van der Waals surface area (Å²) < 4.78 is 22.9. The van der Waals surface area contributed by atoms with E-state index in [9.17, 15) is 14.0 Å². The van der Waals surface area contributed by atoms with Crippen LogP contribution in [0.15, 0.2) is 24.3 Å². The van der Waals surface area contributed by atoms with Gasteiger partial charge in [0.25, 0.3) is 5.91 Å². The van der Waals surface area contributed by atoms with E-state index in [1.807, 2.05) is 0 Å². The number of benzene rings is 1. The third-order valence-electron chi connectivity index (χ3n) is 2.72. The Morgan fingerprint density at radius 3 is 2.38 bits per heavy atom. The molecule has 0 atom stereocenters. The molecule has 1 aromatic rings. The van der Waals surface area contributed by atoms with E-state index >= 15 is 0 Å². The van der Waals surface area contributed by atoms with E-state index in [0.29, 0.717) is 5.75 Å². The molecule has 0 N–H and O–H groups in total. The summed E-state index contributed by atoms with van der Waals surface area (Å²) in [6.07, 6.45) is 0. The van der Waals surface area contributed by atoms with Gasteiger partial charge in [0.1, 0.15) is 18.1 Å². The number of rotatable bonds is 7. The number of esters is 1. The largest absolute Gasteiger partial charge is 0.484 e. The van der Waals surface area contributed by atoms with Crippen LogP contribution in [0.2, 0.25) is 0 Å². The van der Waals surface area contributed by atoms with Crippen molar-refractivity contribution in [2.24, 2.45) is 0 Å². The van der Waals surface area contributed by atoms with E-state index in [-0.39, 0.29) is 37.5 Å². The maximum absolute atomic E-state index is 12.8. The first-order valence-corrected chi connectivity index (χ1v) is 6.77. The van der Waals surface area contributed by atoms with Crippen LogP contribution in [0.5, 0.6) is 5.75 Å². The molecule has 1 aromatic carbocycles. The molecule has 6 heteroatoms. The molecular weight excluding hydrogens is 277 g/mol. The lowest BCUT2D eigenvalue weighted by atomic mass is 10.3. The smallest absolute Gasteiger partial charge is 0.325 e. The summed E-state index contributed by atoms with van der Waals surface area (Å²) in [7, 11) is 0. The van der Waals surface area contributed by atoms with Crippen molar-refractivity contribution in [2.45, 2.75) is 26.8 Å². The molecule has 0 saturated carbocycles. The fraction of sp³-hybridized carbons (Fsp3) is 0.467. The molecule has 116 valence electrons. The van der Waals surface area contributed by atoms with E-state index in [4.69, 9.17) is 9.47 Å². The molecule has 0 heterocycles. The topological polar surface area (TPSA) is 55.8 Å². The highest BCUT2D eigenvalue weighted by Crippen LogP contribution is 2.11. The minimum atomic E-state index is -0.457. The second kappa shape index (κ2) is 8.24. The van der Waals surface area contributed by atoms with Crippen molar-refractivity contribution >= 4 is 11.9 Å². The fourth-order valence-electron chi connectivity index (χ4n) is 1.66. The molecule has 0 bridgehead atoms. The highest BCUT2D eigenvalue weighted by Gasteiger charge is 2.21. The Bertz CT molecular complexity index is 473. The Labute approximate surface area is 123 Å². The van der Waals surface area contributed by atoms with Crippen molar-refractivity contribution < 1.29 is 23.5 Å². The van der Waals surface area contributed by atoms with Gasteiger partial charge in [-0.25, -0.2) is 4.39 Å². The Morgan fingerprint density at radius 2 is 1.86 bits per heavy atom. The minimum absolute atomic E-state index is 0.114. The van der Waals surface area contributed by atoms with E-state index in [1.165, 1.54) is 29.2 Å². The molecule has 0 radical (unpaired) electrons. The van der Waals surface area contributed by atoms with Crippen molar-refractivity contribution in [1.29, 1.82) is 0 Å². The number of nitrogens with zero attached hydrogens (tertiary/aromatic N) is 1. The lowest BCUT2D eigenvalue weighted by Crippen LogP contribution is -2.43. The molecule has 0 aliphatic rings. The van der Waals surface area contributed by atoms with Crippen LogP contribution in [0.3, 0.4) is 0 Å². The van der Waals surface area contributed by atoms with Crippen LogP contribution >= 0.6 is 0 Å². The lowest BCUT2D eigenvalue weighted by molar-refractivity contribution is -0.150. The SMILES string of the molecule is CCOC(=O)CN(C(=O)COc1ccc(F)cc1)C(C)C. The highest BCUT2D eigenvalue weighted by atomic mass is 19.1. The summed E-state index contributed by atoms with van der Waals surface area (Å²) in [6.45, 7) is 5.24. The first-order chi connectivity index (χ1) is 9.93. The van der Waals surface area contributed by atoms with Gasteiger partial charge in [0.05, 0.1) is 6.61 Å². The first kappa shape index (κ1) is 16.9. The molecule has 1 amide bonds. The number of carbonyl (C=O) groups is 2. The van der Waals surface area contributed by atoms with Crippen molar-refractivity contribution in [3.8, 4) is 5.75 Å². The van der Waals surface area contributed by atoms with Crippen molar-refractivity contribution in [3.05, 3.63) is 30.1 Å². The fourth-order valence-corrected chi connectivity index (χ4v) is 1.66. The van der Waals surface area contributed by atoms with Gasteiger partial charge < -0.3 is 14.4 Å². The van der Waals surface area contributed by atoms with Crippen LogP contribution in [0.4, 0.5) is 4.39 Å². The van der Waals surface area contributed by atoms with Crippen molar-refractivity contribution in [1.82, 2.24) is 4.90 Å². The zero-order valence-corrected chi connectivity index (χ0v) is 12.5. The molecule has 0 aliphatic heterocycles. The number of carbonyl (C=O) groups excluding carboxylic acids is 2. The zero-order chi connectivity index (χ0) is 15.8. The summed E-state index contributed by atoms with van der Waals surface area (Å²) in [5.74, 6) is -0.770. The Kier molecular flexibility index (Phi) is 6.65. The van der Waals surface area contributed by atoms with Gasteiger partial charge in [0.2, 0.25) is 0 Å². The maximum atomic E-state index is 12.8. The van der Waals surface area contributed by atoms with Gasteiger partial charge in [0.15, 0.2) is 6.61 Å². The number of ether oxygens (including phenoxy) is 2. The summed E-state index contributed by atoms with van der Waals surface area (Å²) >= 11 is 0. The monoisotopic (exact) mass is 297 g/mol. The average Bonchev–Trinajstić information content (AvgIpc) is 2.44. The summed E-state index contributed by atoms with van der Waals surface area (Å²) in [5.41, 5.74) is 0. The van der Waals surface area contributed by atoms with Crippen molar-refractivity contribution in [3.63, 3.8) is 0 Å². The third kappa shape index (κ3) is 5.81. The molecule has 0 spiro atoms. The van der Waals surface area contributed by atoms with E-state index in [0.717, 1.165) is 0 Å². The third-order valence-corrected chi connectivity index (χ3v) is 2.72. The molecule has 0 saturated heterocycles. The molecule has 5 nitrogen and oxygen atoms in total. The van der Waals surface area contributed by atoms with Gasteiger partial charge >= 0.3 is 5.97 Å². The van der Waals surface area contributed by atoms with E-state index < -0.39 is 5.97 Å². The minimum Gasteiger partial charge on any atom is -0.484 e. The number of hydrogen-bond acceptors (Lipinski definition) is 4. The summed E-state index contributed by atoms with van der Waals surface area (Å²) in [4.78, 5) is 24.9. The van der Waals surface area contributed by atoms with Crippen LogP contribution in [0.25, 0.3) is 0 Å². The van der Waals surface area contributed by atoms with Crippen LogP contribution in [-0.2, 0) is 14.3 Å². The van der Waals surface area contributed by atoms with Crippen molar-refractivity contribution in [2.75, 3.05) is 19.8 Å². The van der Waals surface area contributed by atoms with Crippen LogP contribution in [0, 0.1) is 5.82 Å². The van der Waals surface area contributed by atoms with E-state index in [2.05, 4.69) is 0 Å². The molecule has 0 unspecified atom stereocenters. The molecular formula is C15H20FNO4. The molecule has 21 heavy (non-hydrogen) atoms. The Morgan fingerprint density at radius 1 is 1.24 bits per heavy atom. The standard InChI is InChI=1S/C15H20FNO4/c1-4-20-15(19)9-17(11(2)3)14(18)10-21-13-7-5-12(16)6-8-13/h5-8,11H,4,9-10H2,1-3H3. The Hall–Kier alpha value is -2.11. The van der Waals surface area contributed by atoms with Gasteiger partial charge in [0, 0.05) is 6.04 Å². The Balaban J connectivity index is 2.56. The lowest BCUT2D eigenvalue weighted by Gasteiger charge is -2.25. The maximum Gasteiger partial charge on any atom is 0.325 e. The van der Waals surface area contributed by atoms with E-state index in [1.54, 1.807) is 20.8 Å². The average molecular weight is 297 g/mol. The number of amides is 1. The van der Waals surface area contributed by atoms with Gasteiger partial charge in [-0.05, 0) is 45.0 Å². The molecule has 1 rings (SSSR count). The number of halogens is 1. The molecule has 0 fully saturated rings. The van der Waals surface area contributed by atoms with Gasteiger partial charge in [-0.3, -0.25) is 9.59 Å². The van der Waals surface area contributed by atoms with Crippen LogP contribution < -0.4 is 4.74 Å². The van der Waals surface area contributed by atoms with Gasteiger partial charge in [-0.15, -0.1) is 0 Å². The predicted octanol–water partition coefficient (Wildman–Crippen LogP) is 2.00.